The molecule has 0 bridgehead atoms. The summed E-state index contributed by atoms with van der Waals surface area (Å²) in [6, 6.07) is 0. The number of carbonyl (C=O) groups excluding carboxylic acids is 1. The molecule has 0 radical (unpaired) electrons. The van der Waals surface area contributed by atoms with Crippen LogP contribution in [0.25, 0.3) is 0 Å². The Labute approximate surface area is 71.6 Å². The number of Topliss-reactive ketones (excluding diaryl/α,β-unsaturated/α-hetero) is 1. The molecule has 0 aromatic carbocycles. The van der Waals surface area contributed by atoms with Crippen molar-refractivity contribution in [1.29, 1.82) is 0 Å². The standard InChI is InChI=1S/C9H12OS/c1-3-11-7(2)9(10)6-8-4-5-8/h3,8H,1-2,4-6H2. The van der Waals surface area contributed by atoms with Crippen LogP contribution in [0.1, 0.15) is 19.3 Å². The number of carbonyl (C=O) groups is 1. The van der Waals surface area contributed by atoms with Gasteiger partial charge in [0.1, 0.15) is 0 Å². The first kappa shape index (κ1) is 8.60. The van der Waals surface area contributed by atoms with Crippen molar-refractivity contribution in [2.24, 2.45) is 5.92 Å². The largest absolute Gasteiger partial charge is 0.294 e. The molecule has 1 fully saturated rings. The van der Waals surface area contributed by atoms with Crippen LogP contribution in [0.3, 0.4) is 0 Å². The summed E-state index contributed by atoms with van der Waals surface area (Å²) < 4.78 is 0. The Morgan fingerprint density at radius 3 is 2.73 bits per heavy atom. The highest BCUT2D eigenvalue weighted by Gasteiger charge is 2.24. The average molecular weight is 168 g/mol. The molecule has 0 aromatic heterocycles. The highest BCUT2D eigenvalue weighted by atomic mass is 32.2. The zero-order chi connectivity index (χ0) is 8.27. The molecule has 1 aliphatic rings. The molecule has 1 nitrogen and oxygen atoms in total. The molecular weight excluding hydrogens is 156 g/mol. The molecule has 11 heavy (non-hydrogen) atoms. The van der Waals surface area contributed by atoms with Crippen LogP contribution in [0, 0.1) is 5.92 Å². The van der Waals surface area contributed by atoms with E-state index in [0.717, 1.165) is 0 Å². The van der Waals surface area contributed by atoms with Crippen molar-refractivity contribution in [2.75, 3.05) is 0 Å². The van der Waals surface area contributed by atoms with Gasteiger partial charge in [0.25, 0.3) is 0 Å². The van der Waals surface area contributed by atoms with E-state index in [9.17, 15) is 4.79 Å². The summed E-state index contributed by atoms with van der Waals surface area (Å²) in [5.74, 6) is 0.849. The van der Waals surface area contributed by atoms with E-state index < -0.39 is 0 Å². The summed E-state index contributed by atoms with van der Waals surface area (Å²) in [5.41, 5.74) is 0. The third-order valence-corrected chi connectivity index (χ3v) is 2.39. The fraction of sp³-hybridized carbons (Fsp3) is 0.444. The van der Waals surface area contributed by atoms with Crippen molar-refractivity contribution in [1.82, 2.24) is 0 Å². The molecule has 0 amide bonds. The molecule has 60 valence electrons. The molecular formula is C9H12OS. The fourth-order valence-electron chi connectivity index (χ4n) is 0.864. The molecule has 0 saturated heterocycles. The highest BCUT2D eigenvalue weighted by molar-refractivity contribution is 8.06. The van der Waals surface area contributed by atoms with Crippen LogP contribution in [-0.2, 0) is 4.79 Å². The Morgan fingerprint density at radius 1 is 1.64 bits per heavy atom. The van der Waals surface area contributed by atoms with Gasteiger partial charge >= 0.3 is 0 Å². The summed E-state index contributed by atoms with van der Waals surface area (Å²) in [7, 11) is 0. The van der Waals surface area contributed by atoms with E-state index in [1.165, 1.54) is 24.6 Å². The van der Waals surface area contributed by atoms with Crippen LogP contribution in [0.2, 0.25) is 0 Å². The maximum absolute atomic E-state index is 11.2. The number of hydrogen-bond acceptors (Lipinski definition) is 2. The summed E-state index contributed by atoms with van der Waals surface area (Å²) in [6.07, 6.45) is 3.13. The molecule has 0 atom stereocenters. The van der Waals surface area contributed by atoms with Gasteiger partial charge in [0.2, 0.25) is 0 Å². The van der Waals surface area contributed by atoms with E-state index in [0.29, 0.717) is 17.2 Å². The van der Waals surface area contributed by atoms with Gasteiger partial charge in [0, 0.05) is 11.3 Å². The molecule has 2 heteroatoms. The van der Waals surface area contributed by atoms with E-state index in [2.05, 4.69) is 13.2 Å². The Balaban J connectivity index is 2.26. The smallest absolute Gasteiger partial charge is 0.169 e. The van der Waals surface area contributed by atoms with E-state index in [1.807, 2.05) is 0 Å². The average Bonchev–Trinajstić information content (AvgIpc) is 2.72. The van der Waals surface area contributed by atoms with Gasteiger partial charge < -0.3 is 0 Å². The number of rotatable bonds is 5. The SMILES string of the molecule is C=CSC(=C)C(=O)CC1CC1. The third-order valence-electron chi connectivity index (χ3n) is 1.71. The maximum atomic E-state index is 11.2. The van der Waals surface area contributed by atoms with Gasteiger partial charge in [-0.1, -0.05) is 24.9 Å². The predicted molar refractivity (Wildman–Crippen MR) is 49.3 cm³/mol. The molecule has 1 aliphatic carbocycles. The van der Waals surface area contributed by atoms with Gasteiger partial charge in [-0.3, -0.25) is 4.79 Å². The summed E-state index contributed by atoms with van der Waals surface area (Å²) in [4.78, 5) is 11.8. The lowest BCUT2D eigenvalue weighted by Gasteiger charge is -1.98. The van der Waals surface area contributed by atoms with Crippen LogP contribution in [0.5, 0.6) is 0 Å². The zero-order valence-corrected chi connectivity index (χ0v) is 7.32. The van der Waals surface area contributed by atoms with Crippen LogP contribution >= 0.6 is 11.8 Å². The van der Waals surface area contributed by atoms with Gasteiger partial charge in [-0.2, -0.15) is 0 Å². The van der Waals surface area contributed by atoms with Gasteiger partial charge in [0.05, 0.1) is 0 Å². The lowest BCUT2D eigenvalue weighted by molar-refractivity contribution is -0.115. The maximum Gasteiger partial charge on any atom is 0.169 e. The Kier molecular flexibility index (Phi) is 2.94. The summed E-state index contributed by atoms with van der Waals surface area (Å²) in [5, 5.41) is 1.65. The van der Waals surface area contributed by atoms with Gasteiger partial charge in [-0.25, -0.2) is 0 Å². The summed E-state index contributed by atoms with van der Waals surface area (Å²) >= 11 is 1.33. The highest BCUT2D eigenvalue weighted by Crippen LogP contribution is 2.34. The molecule has 0 unspecified atom stereocenters. The van der Waals surface area contributed by atoms with Crippen LogP contribution in [-0.4, -0.2) is 5.78 Å². The first-order valence-electron chi connectivity index (χ1n) is 3.73. The van der Waals surface area contributed by atoms with Crippen LogP contribution < -0.4 is 0 Å². The van der Waals surface area contributed by atoms with E-state index in [1.54, 1.807) is 5.41 Å². The van der Waals surface area contributed by atoms with Crippen molar-refractivity contribution in [2.45, 2.75) is 19.3 Å². The monoisotopic (exact) mass is 168 g/mol. The first-order valence-corrected chi connectivity index (χ1v) is 4.61. The van der Waals surface area contributed by atoms with E-state index in [-0.39, 0.29) is 5.78 Å². The normalized spacial score (nSPS) is 16.0. The lowest BCUT2D eigenvalue weighted by atomic mass is 10.2. The Bertz CT molecular complexity index is 192. The Morgan fingerprint density at radius 2 is 2.27 bits per heavy atom. The second-order valence-electron chi connectivity index (χ2n) is 2.78. The first-order chi connectivity index (χ1) is 5.24. The third kappa shape index (κ3) is 2.93. The number of ketones is 1. The minimum absolute atomic E-state index is 0.192. The topological polar surface area (TPSA) is 17.1 Å². The number of thioether (sulfide) groups is 1. The minimum atomic E-state index is 0.192. The van der Waals surface area contributed by atoms with Crippen LogP contribution in [0.4, 0.5) is 0 Å². The van der Waals surface area contributed by atoms with Gasteiger partial charge in [-0.15, -0.1) is 0 Å². The number of hydrogen-bond donors (Lipinski definition) is 0. The zero-order valence-electron chi connectivity index (χ0n) is 6.51. The molecule has 0 spiro atoms. The van der Waals surface area contributed by atoms with Crippen molar-refractivity contribution >= 4 is 17.5 Å². The lowest BCUT2D eigenvalue weighted by Crippen LogP contribution is -1.98. The fourth-order valence-corrected chi connectivity index (χ4v) is 1.28. The second kappa shape index (κ2) is 3.77. The predicted octanol–water partition coefficient (Wildman–Crippen LogP) is 2.75. The summed E-state index contributed by atoms with van der Waals surface area (Å²) in [6.45, 7) is 7.20. The van der Waals surface area contributed by atoms with Gasteiger partial charge in [0.15, 0.2) is 5.78 Å². The minimum Gasteiger partial charge on any atom is -0.294 e. The number of allylic oxidation sites excluding steroid dienone is 1. The molecule has 0 heterocycles. The van der Waals surface area contributed by atoms with E-state index in [4.69, 9.17) is 0 Å². The van der Waals surface area contributed by atoms with Crippen molar-refractivity contribution < 1.29 is 4.79 Å². The quantitative estimate of drug-likeness (QED) is 0.587. The van der Waals surface area contributed by atoms with E-state index >= 15 is 0 Å². The second-order valence-corrected chi connectivity index (χ2v) is 3.84. The van der Waals surface area contributed by atoms with Crippen LogP contribution in [0.15, 0.2) is 23.5 Å². The van der Waals surface area contributed by atoms with Crippen molar-refractivity contribution in [3.8, 4) is 0 Å². The molecule has 0 N–H and O–H groups in total. The molecule has 1 saturated carbocycles. The molecule has 0 aliphatic heterocycles. The molecule has 1 rings (SSSR count). The van der Waals surface area contributed by atoms with Gasteiger partial charge in [-0.05, 0) is 24.2 Å². The van der Waals surface area contributed by atoms with Crippen molar-refractivity contribution in [3.63, 3.8) is 0 Å². The van der Waals surface area contributed by atoms with Crippen molar-refractivity contribution in [3.05, 3.63) is 23.5 Å². The molecule has 0 aromatic rings. The Hall–Kier alpha value is -0.500.